The lowest BCUT2D eigenvalue weighted by molar-refractivity contribution is 0.0601. The van der Waals surface area contributed by atoms with Gasteiger partial charge >= 0.3 is 5.97 Å². The highest BCUT2D eigenvalue weighted by atomic mass is 79.9. The standard InChI is InChI=1S/C12H11BrClN3O2/c1-7-15-16-11(6-13)17(7)10-5-8(14)3-4-9(10)12(18)19-2/h3-5H,6H2,1-2H3. The third-order valence-electron chi connectivity index (χ3n) is 2.62. The molecule has 1 aromatic heterocycles. The van der Waals surface area contributed by atoms with Crippen LogP contribution in [0.2, 0.25) is 5.02 Å². The van der Waals surface area contributed by atoms with E-state index in [0.717, 1.165) is 0 Å². The van der Waals surface area contributed by atoms with E-state index in [1.807, 2.05) is 0 Å². The second-order valence-corrected chi connectivity index (χ2v) is 4.78. The van der Waals surface area contributed by atoms with Crippen LogP contribution in [-0.4, -0.2) is 27.8 Å². The Bertz CT molecular complexity index is 627. The molecule has 2 aromatic rings. The number of carbonyl (C=O) groups is 1. The third-order valence-corrected chi connectivity index (χ3v) is 3.35. The lowest BCUT2D eigenvalue weighted by Crippen LogP contribution is -2.10. The van der Waals surface area contributed by atoms with Crippen LogP contribution in [0, 0.1) is 6.92 Å². The zero-order chi connectivity index (χ0) is 14.0. The SMILES string of the molecule is COC(=O)c1ccc(Cl)cc1-n1c(C)nnc1CBr. The summed E-state index contributed by atoms with van der Waals surface area (Å²) in [5.74, 6) is 0.923. The molecule has 0 N–H and O–H groups in total. The Hall–Kier alpha value is -1.40. The Kier molecular flexibility index (Phi) is 4.21. The van der Waals surface area contributed by atoms with Gasteiger partial charge in [-0.2, -0.15) is 0 Å². The summed E-state index contributed by atoms with van der Waals surface area (Å²) in [6.45, 7) is 1.81. The predicted molar refractivity (Wildman–Crippen MR) is 75.1 cm³/mol. The van der Waals surface area contributed by atoms with Gasteiger partial charge in [0.15, 0.2) is 0 Å². The first kappa shape index (κ1) is 14.0. The summed E-state index contributed by atoms with van der Waals surface area (Å²) in [7, 11) is 1.34. The molecule has 0 unspecified atom stereocenters. The van der Waals surface area contributed by atoms with Gasteiger partial charge in [-0.25, -0.2) is 4.79 Å². The third kappa shape index (κ3) is 2.64. The lowest BCUT2D eigenvalue weighted by Gasteiger charge is -2.12. The largest absolute Gasteiger partial charge is 0.465 e. The van der Waals surface area contributed by atoms with Crippen molar-refractivity contribution in [2.24, 2.45) is 0 Å². The van der Waals surface area contributed by atoms with Crippen molar-refractivity contribution in [3.8, 4) is 5.69 Å². The van der Waals surface area contributed by atoms with Crippen molar-refractivity contribution in [2.45, 2.75) is 12.3 Å². The predicted octanol–water partition coefficient (Wildman–Crippen LogP) is 2.91. The van der Waals surface area contributed by atoms with Crippen molar-refractivity contribution in [3.63, 3.8) is 0 Å². The molecule has 0 saturated carbocycles. The summed E-state index contributed by atoms with van der Waals surface area (Å²) in [5, 5.41) is 9.08. The maximum atomic E-state index is 11.8. The molecule has 0 aliphatic rings. The van der Waals surface area contributed by atoms with Crippen LogP contribution in [0.1, 0.15) is 22.0 Å². The van der Waals surface area contributed by atoms with E-state index in [-0.39, 0.29) is 0 Å². The molecule has 1 heterocycles. The van der Waals surface area contributed by atoms with Gasteiger partial charge in [-0.1, -0.05) is 27.5 Å². The number of esters is 1. The van der Waals surface area contributed by atoms with Gasteiger partial charge in [-0.3, -0.25) is 4.57 Å². The van der Waals surface area contributed by atoms with Gasteiger partial charge in [0, 0.05) is 5.02 Å². The van der Waals surface area contributed by atoms with E-state index in [9.17, 15) is 4.79 Å². The minimum absolute atomic E-state index is 0.414. The van der Waals surface area contributed by atoms with Crippen molar-refractivity contribution in [1.29, 1.82) is 0 Å². The molecule has 7 heteroatoms. The fourth-order valence-electron chi connectivity index (χ4n) is 1.78. The molecule has 0 spiro atoms. The number of methoxy groups -OCH3 is 1. The Labute approximate surface area is 123 Å². The number of benzene rings is 1. The Morgan fingerprint density at radius 2 is 2.21 bits per heavy atom. The number of nitrogens with zero attached hydrogens (tertiary/aromatic N) is 3. The van der Waals surface area contributed by atoms with E-state index in [0.29, 0.717) is 33.3 Å². The number of aromatic nitrogens is 3. The number of alkyl halides is 1. The topological polar surface area (TPSA) is 57.0 Å². The second kappa shape index (κ2) is 5.71. The highest BCUT2D eigenvalue weighted by molar-refractivity contribution is 9.08. The van der Waals surface area contributed by atoms with Crippen LogP contribution in [0.25, 0.3) is 5.69 Å². The summed E-state index contributed by atoms with van der Waals surface area (Å²) >= 11 is 9.36. The molecule has 5 nitrogen and oxygen atoms in total. The van der Waals surface area contributed by atoms with Gasteiger partial charge in [0.1, 0.15) is 11.6 Å². The summed E-state index contributed by atoms with van der Waals surface area (Å²) in [4.78, 5) is 11.8. The van der Waals surface area contributed by atoms with Gasteiger partial charge in [0.2, 0.25) is 0 Å². The molecule has 0 fully saturated rings. The highest BCUT2D eigenvalue weighted by Crippen LogP contribution is 2.23. The molecule has 0 aliphatic heterocycles. The Balaban J connectivity index is 2.69. The minimum atomic E-state index is -0.430. The van der Waals surface area contributed by atoms with Crippen LogP contribution in [0.5, 0.6) is 0 Å². The molecule has 100 valence electrons. The molecule has 19 heavy (non-hydrogen) atoms. The number of rotatable bonds is 3. The fourth-order valence-corrected chi connectivity index (χ4v) is 2.31. The number of aryl methyl sites for hydroxylation is 1. The maximum absolute atomic E-state index is 11.8. The molecule has 2 rings (SSSR count). The summed E-state index contributed by atoms with van der Waals surface area (Å²) in [5.41, 5.74) is 1.02. The zero-order valence-electron chi connectivity index (χ0n) is 10.4. The normalized spacial score (nSPS) is 10.5. The monoisotopic (exact) mass is 343 g/mol. The highest BCUT2D eigenvalue weighted by Gasteiger charge is 2.18. The van der Waals surface area contributed by atoms with Crippen LogP contribution >= 0.6 is 27.5 Å². The van der Waals surface area contributed by atoms with Gasteiger partial charge in [-0.15, -0.1) is 10.2 Å². The lowest BCUT2D eigenvalue weighted by atomic mass is 10.1. The van der Waals surface area contributed by atoms with E-state index in [1.165, 1.54) is 7.11 Å². The van der Waals surface area contributed by atoms with Crippen LogP contribution in [0.15, 0.2) is 18.2 Å². The zero-order valence-corrected chi connectivity index (χ0v) is 12.7. The van der Waals surface area contributed by atoms with Crippen LogP contribution in [0.4, 0.5) is 0 Å². The van der Waals surface area contributed by atoms with Crippen LogP contribution in [-0.2, 0) is 10.1 Å². The Morgan fingerprint density at radius 3 is 2.84 bits per heavy atom. The van der Waals surface area contributed by atoms with E-state index >= 15 is 0 Å². The Morgan fingerprint density at radius 1 is 1.47 bits per heavy atom. The van der Waals surface area contributed by atoms with Gasteiger partial charge in [0.25, 0.3) is 0 Å². The van der Waals surface area contributed by atoms with Gasteiger partial charge in [0.05, 0.1) is 23.7 Å². The molecular formula is C12H11BrClN3O2. The summed E-state index contributed by atoms with van der Waals surface area (Å²) < 4.78 is 6.55. The number of hydrogen-bond acceptors (Lipinski definition) is 4. The molecule has 0 bridgehead atoms. The van der Waals surface area contributed by atoms with Crippen molar-refractivity contribution < 1.29 is 9.53 Å². The van der Waals surface area contributed by atoms with E-state index < -0.39 is 5.97 Å². The molecule has 0 aliphatic carbocycles. The number of hydrogen-bond donors (Lipinski definition) is 0. The quantitative estimate of drug-likeness (QED) is 0.634. The van der Waals surface area contributed by atoms with Crippen LogP contribution < -0.4 is 0 Å². The van der Waals surface area contributed by atoms with Crippen molar-refractivity contribution in [1.82, 2.24) is 14.8 Å². The summed E-state index contributed by atoms with van der Waals surface area (Å²) in [6, 6.07) is 4.96. The fraction of sp³-hybridized carbons (Fsp3) is 0.250. The second-order valence-electron chi connectivity index (χ2n) is 3.79. The van der Waals surface area contributed by atoms with Crippen molar-refractivity contribution in [2.75, 3.05) is 7.11 Å². The van der Waals surface area contributed by atoms with Crippen molar-refractivity contribution >= 4 is 33.5 Å². The number of ether oxygens (including phenoxy) is 1. The summed E-state index contributed by atoms with van der Waals surface area (Å²) in [6.07, 6.45) is 0. The molecular weight excluding hydrogens is 334 g/mol. The molecule has 0 amide bonds. The average molecular weight is 345 g/mol. The first-order chi connectivity index (χ1) is 9.08. The molecule has 0 radical (unpaired) electrons. The average Bonchev–Trinajstić information content (AvgIpc) is 2.78. The van der Waals surface area contributed by atoms with E-state index in [4.69, 9.17) is 16.3 Å². The van der Waals surface area contributed by atoms with E-state index in [2.05, 4.69) is 26.1 Å². The van der Waals surface area contributed by atoms with Crippen molar-refractivity contribution in [3.05, 3.63) is 40.4 Å². The molecule has 1 aromatic carbocycles. The molecule has 0 atom stereocenters. The van der Waals surface area contributed by atoms with Crippen LogP contribution in [0.3, 0.4) is 0 Å². The molecule has 0 saturated heterocycles. The number of halogens is 2. The van der Waals surface area contributed by atoms with Gasteiger partial charge < -0.3 is 4.74 Å². The number of carbonyl (C=O) groups excluding carboxylic acids is 1. The minimum Gasteiger partial charge on any atom is -0.465 e. The maximum Gasteiger partial charge on any atom is 0.339 e. The van der Waals surface area contributed by atoms with Gasteiger partial charge in [-0.05, 0) is 25.1 Å². The first-order valence-corrected chi connectivity index (χ1v) is 6.93. The first-order valence-electron chi connectivity index (χ1n) is 5.43. The smallest absolute Gasteiger partial charge is 0.339 e. The van der Waals surface area contributed by atoms with E-state index in [1.54, 1.807) is 29.7 Å².